The second-order valence-corrected chi connectivity index (χ2v) is 6.38. The molecule has 136 valence electrons. The lowest BCUT2D eigenvalue weighted by molar-refractivity contribution is -0.120. The summed E-state index contributed by atoms with van der Waals surface area (Å²) in [5.41, 5.74) is 6.81. The minimum atomic E-state index is -0.555. The molecule has 8 heteroatoms. The molecule has 1 aromatic carbocycles. The highest BCUT2D eigenvalue weighted by atomic mass is 16.2. The van der Waals surface area contributed by atoms with Gasteiger partial charge in [0.1, 0.15) is 5.70 Å². The zero-order valence-electron chi connectivity index (χ0n) is 14.2. The largest absolute Gasteiger partial charge is 0.395 e. The highest BCUT2D eigenvalue weighted by molar-refractivity contribution is 6.00. The molecule has 0 spiro atoms. The van der Waals surface area contributed by atoms with E-state index >= 15 is 0 Å². The maximum atomic E-state index is 12.4. The van der Waals surface area contributed by atoms with Gasteiger partial charge >= 0.3 is 6.03 Å². The molecule has 1 saturated carbocycles. The molecule has 0 radical (unpaired) electrons. The van der Waals surface area contributed by atoms with E-state index in [4.69, 9.17) is 5.73 Å². The average Bonchev–Trinajstić information content (AvgIpc) is 3.07. The fourth-order valence-corrected chi connectivity index (χ4v) is 3.12. The summed E-state index contributed by atoms with van der Waals surface area (Å²) in [6.45, 7) is 3.60. The Kier molecular flexibility index (Phi) is 4.92. The van der Waals surface area contributed by atoms with Gasteiger partial charge in [0.25, 0.3) is 5.91 Å². The van der Waals surface area contributed by atoms with E-state index in [0.29, 0.717) is 19.3 Å². The Morgan fingerprint density at radius 2 is 1.88 bits per heavy atom. The van der Waals surface area contributed by atoms with Crippen molar-refractivity contribution in [2.24, 2.45) is 11.7 Å². The number of anilines is 1. The minimum Gasteiger partial charge on any atom is -0.395 e. The van der Waals surface area contributed by atoms with Gasteiger partial charge in [0.15, 0.2) is 0 Å². The summed E-state index contributed by atoms with van der Waals surface area (Å²) < 4.78 is 0. The van der Waals surface area contributed by atoms with Crippen LogP contribution in [0.1, 0.15) is 19.3 Å². The number of hydrogen-bond donors (Lipinski definition) is 5. The first kappa shape index (κ1) is 17.5. The van der Waals surface area contributed by atoms with Crippen LogP contribution in [0.5, 0.6) is 0 Å². The number of para-hydroxylation sites is 1. The second-order valence-electron chi connectivity index (χ2n) is 6.38. The molecule has 4 amide bonds. The van der Waals surface area contributed by atoms with Crippen molar-refractivity contribution in [2.45, 2.75) is 25.3 Å². The van der Waals surface area contributed by atoms with E-state index in [9.17, 15) is 14.4 Å². The molecule has 1 fully saturated rings. The van der Waals surface area contributed by atoms with Gasteiger partial charge in [-0.3, -0.25) is 9.59 Å². The molecule has 2 aliphatic rings. The molecule has 1 heterocycles. The van der Waals surface area contributed by atoms with E-state index in [1.54, 1.807) is 0 Å². The van der Waals surface area contributed by atoms with E-state index in [1.165, 1.54) is 0 Å². The van der Waals surface area contributed by atoms with E-state index in [1.807, 2.05) is 30.3 Å². The van der Waals surface area contributed by atoms with Crippen LogP contribution in [0.2, 0.25) is 0 Å². The van der Waals surface area contributed by atoms with Crippen LogP contribution in [0, 0.1) is 5.92 Å². The third kappa shape index (κ3) is 3.85. The number of amides is 4. The van der Waals surface area contributed by atoms with Crippen LogP contribution in [0.4, 0.5) is 10.5 Å². The Balaban J connectivity index is 1.56. The van der Waals surface area contributed by atoms with Crippen molar-refractivity contribution in [3.63, 3.8) is 0 Å². The molecule has 8 nitrogen and oxygen atoms in total. The second kappa shape index (κ2) is 7.30. The van der Waals surface area contributed by atoms with Crippen molar-refractivity contribution in [2.75, 3.05) is 5.32 Å². The molecule has 1 aliphatic heterocycles. The quantitative estimate of drug-likeness (QED) is 0.550. The summed E-state index contributed by atoms with van der Waals surface area (Å²) in [6.07, 6.45) is 1.89. The van der Waals surface area contributed by atoms with Crippen molar-refractivity contribution in [1.29, 1.82) is 0 Å². The van der Waals surface area contributed by atoms with Crippen molar-refractivity contribution < 1.29 is 14.4 Å². The Labute approximate surface area is 150 Å². The summed E-state index contributed by atoms with van der Waals surface area (Å²) in [7, 11) is 0. The van der Waals surface area contributed by atoms with Crippen molar-refractivity contribution in [1.82, 2.24) is 16.0 Å². The predicted molar refractivity (Wildman–Crippen MR) is 96.4 cm³/mol. The van der Waals surface area contributed by atoms with E-state index < -0.39 is 11.9 Å². The molecule has 0 unspecified atom stereocenters. The van der Waals surface area contributed by atoms with Crippen LogP contribution in [0.15, 0.2) is 54.0 Å². The lowest BCUT2D eigenvalue weighted by atomic mass is 10.1. The first-order valence-electron chi connectivity index (χ1n) is 8.38. The Morgan fingerprint density at radius 3 is 2.62 bits per heavy atom. The van der Waals surface area contributed by atoms with E-state index in [-0.39, 0.29) is 35.0 Å². The summed E-state index contributed by atoms with van der Waals surface area (Å²) in [4.78, 5) is 36.2. The summed E-state index contributed by atoms with van der Waals surface area (Å²) >= 11 is 0. The van der Waals surface area contributed by atoms with Gasteiger partial charge in [-0.05, 0) is 31.4 Å². The molecule has 0 aromatic heterocycles. The monoisotopic (exact) mass is 355 g/mol. The van der Waals surface area contributed by atoms with Gasteiger partial charge < -0.3 is 27.0 Å². The van der Waals surface area contributed by atoms with Crippen LogP contribution in [0.25, 0.3) is 0 Å². The molecular formula is C18H21N5O3. The average molecular weight is 355 g/mol. The smallest absolute Gasteiger partial charge is 0.323 e. The topological polar surface area (TPSA) is 125 Å². The van der Waals surface area contributed by atoms with Gasteiger partial charge in [-0.25, -0.2) is 4.79 Å². The maximum Gasteiger partial charge on any atom is 0.323 e. The van der Waals surface area contributed by atoms with Gasteiger partial charge in [-0.15, -0.1) is 0 Å². The lowest BCUT2D eigenvalue weighted by Crippen LogP contribution is -2.48. The molecule has 3 rings (SSSR count). The fourth-order valence-electron chi connectivity index (χ4n) is 3.12. The van der Waals surface area contributed by atoms with Crippen molar-refractivity contribution >= 4 is 23.5 Å². The molecular weight excluding hydrogens is 334 g/mol. The van der Waals surface area contributed by atoms with E-state index in [2.05, 4.69) is 27.8 Å². The van der Waals surface area contributed by atoms with Gasteiger partial charge in [-0.2, -0.15) is 0 Å². The Morgan fingerprint density at radius 1 is 1.15 bits per heavy atom. The van der Waals surface area contributed by atoms with Gasteiger partial charge in [-0.1, -0.05) is 24.8 Å². The molecule has 1 aromatic rings. The van der Waals surface area contributed by atoms with Crippen LogP contribution in [0.3, 0.4) is 0 Å². The summed E-state index contributed by atoms with van der Waals surface area (Å²) in [5.74, 6) is -0.716. The molecule has 6 N–H and O–H groups in total. The van der Waals surface area contributed by atoms with Crippen LogP contribution < -0.4 is 27.0 Å². The third-order valence-electron chi connectivity index (χ3n) is 4.50. The standard InChI is InChI=1S/C18H21N5O3/c1-10-14(19)15(23-18(26)20-10)17(25)22-13-8-7-11(9-13)16(24)21-12-5-3-2-4-6-12/h2-6,11,13H,1,7-9,19H2,(H,21,24)(H,22,25)(H2,20,23,26)/t11-,13+/m0/s1. The molecule has 2 atom stereocenters. The fraction of sp³-hybridized carbons (Fsp3) is 0.278. The van der Waals surface area contributed by atoms with Crippen LogP contribution in [-0.4, -0.2) is 23.9 Å². The third-order valence-corrected chi connectivity index (χ3v) is 4.50. The zero-order chi connectivity index (χ0) is 18.7. The number of nitrogens with one attached hydrogen (secondary N) is 4. The summed E-state index contributed by atoms with van der Waals surface area (Å²) in [6, 6.07) is 8.53. The van der Waals surface area contributed by atoms with Crippen LogP contribution in [-0.2, 0) is 9.59 Å². The SMILES string of the molecule is C=C1NC(=O)NC(C(=O)N[C@@H]2CC[C@H](C(=O)Nc3ccccc3)C2)=C1N. The van der Waals surface area contributed by atoms with Crippen molar-refractivity contribution in [3.8, 4) is 0 Å². The highest BCUT2D eigenvalue weighted by Gasteiger charge is 2.32. The van der Waals surface area contributed by atoms with E-state index in [0.717, 1.165) is 5.69 Å². The Bertz CT molecular complexity index is 787. The van der Waals surface area contributed by atoms with Gasteiger partial charge in [0, 0.05) is 17.6 Å². The minimum absolute atomic E-state index is 0.0177. The Hall–Kier alpha value is -3.29. The number of urea groups is 1. The first-order chi connectivity index (χ1) is 12.4. The maximum absolute atomic E-state index is 12.4. The number of rotatable bonds is 4. The first-order valence-corrected chi connectivity index (χ1v) is 8.38. The molecule has 1 aliphatic carbocycles. The van der Waals surface area contributed by atoms with Crippen molar-refractivity contribution in [3.05, 3.63) is 54.0 Å². The predicted octanol–water partition coefficient (Wildman–Crippen LogP) is 0.907. The lowest BCUT2D eigenvalue weighted by Gasteiger charge is -2.22. The molecule has 0 saturated heterocycles. The van der Waals surface area contributed by atoms with Gasteiger partial charge in [0.05, 0.1) is 11.4 Å². The number of nitrogens with two attached hydrogens (primary N) is 1. The molecule has 0 bridgehead atoms. The molecule has 26 heavy (non-hydrogen) atoms. The highest BCUT2D eigenvalue weighted by Crippen LogP contribution is 2.27. The van der Waals surface area contributed by atoms with Crippen LogP contribution >= 0.6 is 0 Å². The number of carbonyl (C=O) groups excluding carboxylic acids is 3. The normalized spacial score (nSPS) is 22.5. The number of hydrogen-bond acceptors (Lipinski definition) is 4. The summed E-state index contributed by atoms with van der Waals surface area (Å²) in [5, 5.41) is 10.5. The number of carbonyl (C=O) groups is 3. The van der Waals surface area contributed by atoms with Gasteiger partial charge in [0.2, 0.25) is 5.91 Å². The zero-order valence-corrected chi connectivity index (χ0v) is 14.2. The number of benzene rings is 1.